The molecule has 0 aliphatic rings. The van der Waals surface area contributed by atoms with E-state index in [1.165, 1.54) is 61.1 Å². The monoisotopic (exact) mass is 544 g/mol. The number of pyridine rings is 1. The minimum absolute atomic E-state index is 0.0618. The molecule has 0 saturated heterocycles. The van der Waals surface area contributed by atoms with Crippen LogP contribution < -0.4 is 10.2 Å². The van der Waals surface area contributed by atoms with E-state index < -0.39 is 23.0 Å². The van der Waals surface area contributed by atoms with Crippen LogP contribution in [0.3, 0.4) is 0 Å². The summed E-state index contributed by atoms with van der Waals surface area (Å²) in [7, 11) is 1.57. The van der Waals surface area contributed by atoms with E-state index in [1.54, 1.807) is 19.3 Å². The zero-order valence-electron chi connectivity index (χ0n) is 23.9. The van der Waals surface area contributed by atoms with E-state index in [0.717, 1.165) is 23.4 Å². The SMILES string of the molecule is C=C(N(C)c1ccc(C#N)c(C(=O)F)c1F)C(C)(C)Nc1ccc(-c2ccc(CCCCCCCC)cc2)nc1. The van der Waals surface area contributed by atoms with Crippen molar-refractivity contribution in [3.8, 4) is 17.3 Å². The Hall–Kier alpha value is -4.05. The highest BCUT2D eigenvalue weighted by Crippen LogP contribution is 2.32. The molecular formula is C33H38F2N4O. The van der Waals surface area contributed by atoms with E-state index in [4.69, 9.17) is 5.26 Å². The smallest absolute Gasteiger partial charge is 0.336 e. The van der Waals surface area contributed by atoms with Gasteiger partial charge in [0.05, 0.1) is 34.4 Å². The number of nitriles is 1. The van der Waals surface area contributed by atoms with Gasteiger partial charge in [0.2, 0.25) is 0 Å². The van der Waals surface area contributed by atoms with Crippen molar-refractivity contribution >= 4 is 17.4 Å². The van der Waals surface area contributed by atoms with Crippen molar-refractivity contribution in [2.75, 3.05) is 17.3 Å². The van der Waals surface area contributed by atoms with Gasteiger partial charge in [-0.05, 0) is 56.5 Å². The summed E-state index contributed by atoms with van der Waals surface area (Å²) in [5, 5.41) is 12.5. The van der Waals surface area contributed by atoms with Crippen molar-refractivity contribution in [3.63, 3.8) is 0 Å². The Morgan fingerprint density at radius 1 is 1.05 bits per heavy atom. The Labute approximate surface area is 236 Å². The molecule has 1 N–H and O–H groups in total. The van der Waals surface area contributed by atoms with Gasteiger partial charge in [-0.1, -0.05) is 69.9 Å². The number of nitrogens with one attached hydrogen (secondary N) is 1. The van der Waals surface area contributed by atoms with Crippen LogP contribution in [0.4, 0.5) is 20.2 Å². The van der Waals surface area contributed by atoms with Gasteiger partial charge in [-0.2, -0.15) is 9.65 Å². The van der Waals surface area contributed by atoms with Crippen molar-refractivity contribution in [1.29, 1.82) is 5.26 Å². The maximum absolute atomic E-state index is 15.0. The number of anilines is 2. The van der Waals surface area contributed by atoms with Crippen LogP contribution in [0, 0.1) is 17.1 Å². The average Bonchev–Trinajstić information content (AvgIpc) is 2.94. The fourth-order valence-corrected chi connectivity index (χ4v) is 4.70. The Bertz CT molecular complexity index is 1360. The number of carbonyl (C=O) groups excluding carboxylic acids is 1. The van der Waals surface area contributed by atoms with Crippen LogP contribution >= 0.6 is 0 Å². The van der Waals surface area contributed by atoms with E-state index in [9.17, 15) is 9.18 Å². The van der Waals surface area contributed by atoms with E-state index >= 15 is 4.39 Å². The Morgan fingerprint density at radius 3 is 2.33 bits per heavy atom. The summed E-state index contributed by atoms with van der Waals surface area (Å²) in [5.74, 6) is -1.10. The maximum Gasteiger partial charge on any atom is 0.336 e. The summed E-state index contributed by atoms with van der Waals surface area (Å²) in [6, 6.07) is 14.6. The zero-order valence-corrected chi connectivity index (χ0v) is 23.9. The first-order chi connectivity index (χ1) is 19.1. The van der Waals surface area contributed by atoms with Gasteiger partial charge in [-0.15, -0.1) is 0 Å². The lowest BCUT2D eigenvalue weighted by Gasteiger charge is -2.36. The predicted molar refractivity (Wildman–Crippen MR) is 159 cm³/mol. The number of nitrogens with zero attached hydrogens (tertiary/aromatic N) is 3. The normalized spacial score (nSPS) is 11.1. The van der Waals surface area contributed by atoms with Crippen molar-refractivity contribution in [2.24, 2.45) is 0 Å². The number of aryl methyl sites for hydroxylation is 1. The molecule has 0 spiro atoms. The topological polar surface area (TPSA) is 69.0 Å². The Morgan fingerprint density at radius 2 is 1.73 bits per heavy atom. The van der Waals surface area contributed by atoms with Gasteiger partial charge in [0, 0.05) is 18.3 Å². The number of hydrogen-bond donors (Lipinski definition) is 1. The van der Waals surface area contributed by atoms with Crippen LogP contribution in [0.15, 0.2) is 67.0 Å². The molecule has 0 aliphatic carbocycles. The van der Waals surface area contributed by atoms with E-state index in [2.05, 4.69) is 48.1 Å². The quantitative estimate of drug-likeness (QED) is 0.163. The molecular weight excluding hydrogens is 506 g/mol. The molecule has 0 saturated carbocycles. The van der Waals surface area contributed by atoms with Crippen LogP contribution in [0.5, 0.6) is 0 Å². The fraction of sp³-hybridized carbons (Fsp3) is 0.364. The third-order valence-corrected chi connectivity index (χ3v) is 7.22. The lowest BCUT2D eigenvalue weighted by molar-refractivity contribution is 0.0831. The molecule has 0 aliphatic heterocycles. The maximum atomic E-state index is 15.0. The first-order valence-corrected chi connectivity index (χ1v) is 13.8. The van der Waals surface area contributed by atoms with Gasteiger partial charge in [0.1, 0.15) is 11.6 Å². The number of carbonyl (C=O) groups is 1. The second-order valence-corrected chi connectivity index (χ2v) is 10.6. The number of likely N-dealkylation sites (N-methyl/N-ethyl adjacent to an activating group) is 1. The molecule has 1 heterocycles. The lowest BCUT2D eigenvalue weighted by atomic mass is 9.98. The minimum Gasteiger partial charge on any atom is -0.373 e. The average molecular weight is 545 g/mol. The van der Waals surface area contributed by atoms with Crippen molar-refractivity contribution in [1.82, 2.24) is 4.98 Å². The first kappa shape index (κ1) is 30.5. The second kappa shape index (κ2) is 13.8. The van der Waals surface area contributed by atoms with Gasteiger partial charge in [-0.25, -0.2) is 4.39 Å². The van der Waals surface area contributed by atoms with Gasteiger partial charge >= 0.3 is 6.04 Å². The summed E-state index contributed by atoms with van der Waals surface area (Å²) < 4.78 is 28.5. The van der Waals surface area contributed by atoms with Crippen molar-refractivity contribution in [3.05, 3.63) is 89.5 Å². The molecule has 0 bridgehead atoms. The molecule has 3 rings (SSSR count). The number of aromatic nitrogens is 1. The molecule has 0 unspecified atom stereocenters. The van der Waals surface area contributed by atoms with Crippen LogP contribution in [0.25, 0.3) is 11.3 Å². The molecule has 2 aromatic carbocycles. The number of halogens is 2. The summed E-state index contributed by atoms with van der Waals surface area (Å²) in [4.78, 5) is 17.4. The third kappa shape index (κ3) is 7.53. The summed E-state index contributed by atoms with van der Waals surface area (Å²) in [6.45, 7) is 10.1. The minimum atomic E-state index is -1.99. The van der Waals surface area contributed by atoms with Crippen LogP contribution in [-0.4, -0.2) is 23.6 Å². The molecule has 3 aromatic rings. The van der Waals surface area contributed by atoms with Crippen LogP contribution in [-0.2, 0) is 6.42 Å². The summed E-state index contributed by atoms with van der Waals surface area (Å²) in [6.07, 6.45) is 10.5. The predicted octanol–water partition coefficient (Wildman–Crippen LogP) is 8.61. The number of benzene rings is 2. The fourth-order valence-electron chi connectivity index (χ4n) is 4.70. The van der Waals surface area contributed by atoms with E-state index in [0.29, 0.717) is 5.70 Å². The third-order valence-electron chi connectivity index (χ3n) is 7.22. The highest BCUT2D eigenvalue weighted by molar-refractivity contribution is 5.93. The zero-order chi connectivity index (χ0) is 29.3. The molecule has 0 atom stereocenters. The Balaban J connectivity index is 1.65. The lowest BCUT2D eigenvalue weighted by Crippen LogP contribution is -2.40. The molecule has 40 heavy (non-hydrogen) atoms. The highest BCUT2D eigenvalue weighted by atomic mass is 19.1. The van der Waals surface area contributed by atoms with Crippen LogP contribution in [0.1, 0.15) is 80.8 Å². The van der Waals surface area contributed by atoms with E-state index in [1.807, 2.05) is 26.0 Å². The van der Waals surface area contributed by atoms with Gasteiger partial charge in [-0.3, -0.25) is 9.78 Å². The molecule has 0 amide bonds. The van der Waals surface area contributed by atoms with E-state index in [-0.39, 0.29) is 11.3 Å². The second-order valence-electron chi connectivity index (χ2n) is 10.6. The molecule has 0 fully saturated rings. The molecule has 5 nitrogen and oxygen atoms in total. The number of hydrogen-bond acceptors (Lipinski definition) is 5. The van der Waals surface area contributed by atoms with Gasteiger partial charge in [0.15, 0.2) is 5.82 Å². The standard InChI is InChI=1S/C33H38F2N4O/c1-6-7-8-9-10-11-12-24-13-15-25(16-14-24)28-19-18-27(22-37-28)38-33(3,4)23(2)39(5)29-20-17-26(21-36)30(31(29)34)32(35)40/h13-20,22,38H,2,6-12H2,1,3-5H3. The first-order valence-electron chi connectivity index (χ1n) is 13.8. The molecule has 210 valence electrons. The molecule has 7 heteroatoms. The number of unbranched alkanes of at least 4 members (excludes halogenated alkanes) is 5. The van der Waals surface area contributed by atoms with Crippen LogP contribution in [0.2, 0.25) is 0 Å². The van der Waals surface area contributed by atoms with Crippen molar-refractivity contribution in [2.45, 2.75) is 71.3 Å². The number of rotatable bonds is 14. The molecule has 0 radical (unpaired) electrons. The molecule has 1 aromatic heterocycles. The summed E-state index contributed by atoms with van der Waals surface area (Å²) >= 11 is 0. The van der Waals surface area contributed by atoms with Gasteiger partial charge in [0.25, 0.3) is 0 Å². The highest BCUT2D eigenvalue weighted by Gasteiger charge is 2.29. The van der Waals surface area contributed by atoms with Gasteiger partial charge < -0.3 is 10.2 Å². The Kier molecular flexibility index (Phi) is 10.6. The summed E-state index contributed by atoms with van der Waals surface area (Å²) in [5.41, 5.74) is 2.36. The van der Waals surface area contributed by atoms with Crippen molar-refractivity contribution < 1.29 is 13.6 Å². The largest absolute Gasteiger partial charge is 0.373 e.